The summed E-state index contributed by atoms with van der Waals surface area (Å²) in [6.07, 6.45) is -7.30. The van der Waals surface area contributed by atoms with Gasteiger partial charge in [-0.15, -0.1) is 0 Å². The average molecular weight is 305 g/mol. The van der Waals surface area contributed by atoms with Crippen molar-refractivity contribution in [2.75, 3.05) is 6.61 Å². The highest BCUT2D eigenvalue weighted by atomic mass is 35.5. The van der Waals surface area contributed by atoms with Crippen LogP contribution in [0.4, 0.5) is 0 Å². The van der Waals surface area contributed by atoms with Crippen LogP contribution in [0.1, 0.15) is 5.56 Å². The Labute approximate surface area is 120 Å². The molecule has 1 aromatic carbocycles. The van der Waals surface area contributed by atoms with E-state index >= 15 is 0 Å². The summed E-state index contributed by atoms with van der Waals surface area (Å²) in [5.41, 5.74) is 0.412. The highest BCUT2D eigenvalue weighted by molar-refractivity contribution is 6.49. The van der Waals surface area contributed by atoms with Gasteiger partial charge in [-0.05, 0) is 5.56 Å². The van der Waals surface area contributed by atoms with Crippen molar-refractivity contribution in [1.82, 2.24) is 0 Å². The van der Waals surface area contributed by atoms with Gasteiger partial charge < -0.3 is 30.6 Å². The lowest BCUT2D eigenvalue weighted by atomic mass is 10.0. The van der Waals surface area contributed by atoms with Gasteiger partial charge in [-0.1, -0.05) is 41.9 Å². The minimum atomic E-state index is -1.91. The molecule has 0 saturated carbocycles. The molecule has 0 aliphatic heterocycles. The third-order valence-electron chi connectivity index (χ3n) is 2.79. The van der Waals surface area contributed by atoms with Crippen LogP contribution >= 0.6 is 11.6 Å². The first-order chi connectivity index (χ1) is 9.40. The number of benzene rings is 1. The quantitative estimate of drug-likeness (QED) is 0.397. The van der Waals surface area contributed by atoms with Crippen LogP contribution in [-0.4, -0.2) is 61.7 Å². The van der Waals surface area contributed by atoms with Gasteiger partial charge in [0.1, 0.15) is 30.2 Å². The van der Waals surface area contributed by atoms with Crippen LogP contribution in [0.15, 0.2) is 36.1 Å². The molecule has 0 saturated heterocycles. The van der Waals surface area contributed by atoms with E-state index in [-0.39, 0.29) is 5.03 Å². The predicted molar refractivity (Wildman–Crippen MR) is 73.0 cm³/mol. The normalized spacial score (nSPS) is 18.9. The Morgan fingerprint density at radius 2 is 1.55 bits per heavy atom. The molecule has 7 heteroatoms. The summed E-state index contributed by atoms with van der Waals surface area (Å²) in [6, 6.07) is 8.22. The fourth-order valence-electron chi connectivity index (χ4n) is 1.55. The van der Waals surface area contributed by atoms with E-state index in [0.29, 0.717) is 5.56 Å². The van der Waals surface area contributed by atoms with Crippen molar-refractivity contribution in [3.05, 3.63) is 41.7 Å². The molecule has 1 rings (SSSR count). The molecular weight excluding hydrogens is 288 g/mol. The van der Waals surface area contributed by atoms with Gasteiger partial charge in [-0.2, -0.15) is 0 Å². The maximum atomic E-state index is 9.80. The molecule has 6 N–H and O–H groups in total. The molecule has 0 spiro atoms. The van der Waals surface area contributed by atoms with Crippen molar-refractivity contribution in [3.63, 3.8) is 0 Å². The van der Waals surface area contributed by atoms with Crippen molar-refractivity contribution in [3.8, 4) is 0 Å². The summed E-state index contributed by atoms with van der Waals surface area (Å²) in [7, 11) is 0. The molecule has 0 aliphatic rings. The van der Waals surface area contributed by atoms with E-state index in [1.807, 2.05) is 0 Å². The second kappa shape index (κ2) is 7.58. The highest BCUT2D eigenvalue weighted by Gasteiger charge is 2.33. The third-order valence-corrected chi connectivity index (χ3v) is 3.20. The van der Waals surface area contributed by atoms with Gasteiger partial charge in [0.2, 0.25) is 0 Å². The number of aliphatic hydroxyl groups is 6. The Morgan fingerprint density at radius 1 is 1.00 bits per heavy atom. The third kappa shape index (κ3) is 3.92. The van der Waals surface area contributed by atoms with Crippen molar-refractivity contribution in [2.45, 2.75) is 24.4 Å². The molecule has 0 bridgehead atoms. The summed E-state index contributed by atoms with van der Waals surface area (Å²) in [5.74, 6) is -0.741. The summed E-state index contributed by atoms with van der Waals surface area (Å²) in [4.78, 5) is 0. The zero-order valence-corrected chi connectivity index (χ0v) is 11.2. The highest BCUT2D eigenvalue weighted by Crippen LogP contribution is 2.25. The number of rotatable bonds is 6. The number of aliphatic hydroxyl groups excluding tert-OH is 6. The van der Waals surface area contributed by atoms with E-state index < -0.39 is 36.8 Å². The number of hydrogen-bond donors (Lipinski definition) is 6. The van der Waals surface area contributed by atoms with Crippen molar-refractivity contribution in [1.29, 1.82) is 0 Å². The molecule has 20 heavy (non-hydrogen) atoms. The SMILES string of the molecule is OCC(O)C(O)C(O)C(O)C(O)=C(Cl)c1ccccc1. The maximum absolute atomic E-state index is 9.80. The summed E-state index contributed by atoms with van der Waals surface area (Å²) in [6.45, 7) is -0.804. The predicted octanol–water partition coefficient (Wildman–Crippen LogP) is -0.412. The lowest BCUT2D eigenvalue weighted by Gasteiger charge is -2.25. The molecule has 4 unspecified atom stereocenters. The van der Waals surface area contributed by atoms with Gasteiger partial charge in [-0.3, -0.25) is 0 Å². The maximum Gasteiger partial charge on any atom is 0.143 e. The molecular formula is C13H17ClO6. The smallest absolute Gasteiger partial charge is 0.143 e. The minimum absolute atomic E-state index is 0.192. The summed E-state index contributed by atoms with van der Waals surface area (Å²) < 4.78 is 0. The lowest BCUT2D eigenvalue weighted by Crippen LogP contribution is -2.46. The lowest BCUT2D eigenvalue weighted by molar-refractivity contribution is -0.112. The second-order valence-corrected chi connectivity index (χ2v) is 4.62. The first-order valence-corrected chi connectivity index (χ1v) is 6.25. The van der Waals surface area contributed by atoms with Gasteiger partial charge in [0.05, 0.1) is 11.6 Å². The fraction of sp³-hybridized carbons (Fsp3) is 0.385. The Balaban J connectivity index is 2.93. The molecule has 0 radical (unpaired) electrons. The van der Waals surface area contributed by atoms with Crippen LogP contribution in [-0.2, 0) is 0 Å². The van der Waals surface area contributed by atoms with Crippen LogP contribution in [0.2, 0.25) is 0 Å². The van der Waals surface area contributed by atoms with Crippen LogP contribution < -0.4 is 0 Å². The monoisotopic (exact) mass is 304 g/mol. The van der Waals surface area contributed by atoms with Gasteiger partial charge in [0, 0.05) is 0 Å². The molecule has 0 heterocycles. The molecule has 112 valence electrons. The van der Waals surface area contributed by atoms with E-state index in [2.05, 4.69) is 0 Å². The molecule has 0 fully saturated rings. The molecule has 1 aromatic rings. The fourth-order valence-corrected chi connectivity index (χ4v) is 1.78. The van der Waals surface area contributed by atoms with E-state index in [9.17, 15) is 25.5 Å². The first-order valence-electron chi connectivity index (χ1n) is 5.87. The Morgan fingerprint density at radius 3 is 2.05 bits per heavy atom. The van der Waals surface area contributed by atoms with Crippen LogP contribution in [0, 0.1) is 0 Å². The van der Waals surface area contributed by atoms with Gasteiger partial charge in [0.25, 0.3) is 0 Å². The van der Waals surface area contributed by atoms with E-state index in [4.69, 9.17) is 16.7 Å². The van der Waals surface area contributed by atoms with Gasteiger partial charge in [-0.25, -0.2) is 0 Å². The van der Waals surface area contributed by atoms with Crippen LogP contribution in [0.25, 0.3) is 5.03 Å². The Bertz CT molecular complexity index is 449. The largest absolute Gasteiger partial charge is 0.508 e. The summed E-state index contributed by atoms with van der Waals surface area (Å²) in [5, 5.41) is 56.3. The molecule has 0 amide bonds. The molecule has 0 aliphatic carbocycles. The zero-order valence-electron chi connectivity index (χ0n) is 10.5. The van der Waals surface area contributed by atoms with E-state index in [1.54, 1.807) is 30.3 Å². The average Bonchev–Trinajstić information content (AvgIpc) is 2.51. The number of hydrogen-bond acceptors (Lipinski definition) is 6. The molecule has 6 nitrogen and oxygen atoms in total. The standard InChI is InChI=1S/C13H17ClO6/c14-9(7-4-2-1-3-5-7)11(18)13(20)12(19)10(17)8(16)6-15/h1-5,8,10,12-13,15-20H,6H2. The molecule has 4 atom stereocenters. The van der Waals surface area contributed by atoms with Gasteiger partial charge in [0.15, 0.2) is 0 Å². The van der Waals surface area contributed by atoms with E-state index in [1.165, 1.54) is 0 Å². The Kier molecular flexibility index (Phi) is 6.41. The summed E-state index contributed by atoms with van der Waals surface area (Å²) >= 11 is 5.88. The second-order valence-electron chi connectivity index (χ2n) is 4.24. The zero-order chi connectivity index (χ0) is 15.3. The van der Waals surface area contributed by atoms with Gasteiger partial charge >= 0.3 is 0 Å². The van der Waals surface area contributed by atoms with Crippen LogP contribution in [0.5, 0.6) is 0 Å². The van der Waals surface area contributed by atoms with Crippen molar-refractivity contribution >= 4 is 16.6 Å². The Hall–Kier alpha value is -1.15. The first kappa shape index (κ1) is 16.9. The van der Waals surface area contributed by atoms with Crippen molar-refractivity contribution in [2.24, 2.45) is 0 Å². The van der Waals surface area contributed by atoms with Crippen LogP contribution in [0.3, 0.4) is 0 Å². The topological polar surface area (TPSA) is 121 Å². The number of halogens is 1. The molecule has 0 aromatic heterocycles. The van der Waals surface area contributed by atoms with Crippen molar-refractivity contribution < 1.29 is 30.6 Å². The van der Waals surface area contributed by atoms with E-state index in [0.717, 1.165) is 0 Å². The minimum Gasteiger partial charge on any atom is -0.508 e.